The maximum Gasteiger partial charge on any atom is 0.343 e. The number of nitrogens with two attached hydrogens (primary N) is 1. The molecule has 0 heterocycles. The molecule has 0 saturated heterocycles. The van der Waals surface area contributed by atoms with E-state index >= 15 is 0 Å². The predicted octanol–water partition coefficient (Wildman–Crippen LogP) is 2.34. The van der Waals surface area contributed by atoms with Crippen LogP contribution in [0.2, 0.25) is 0 Å². The summed E-state index contributed by atoms with van der Waals surface area (Å²) in [5.41, 5.74) is 4.38. The number of carbonyl (C=O) groups is 1. The minimum absolute atomic E-state index is 0.397. The zero-order chi connectivity index (χ0) is 14.4. The monoisotopic (exact) mass is 269 g/mol. The first kappa shape index (κ1) is 13.8. The lowest BCUT2D eigenvalue weighted by Gasteiger charge is -2.06. The molecule has 0 unspecified atom stereocenters. The van der Waals surface area contributed by atoms with Gasteiger partial charge in [0.1, 0.15) is 12.1 Å². The Morgan fingerprint density at radius 2 is 1.90 bits per heavy atom. The van der Waals surface area contributed by atoms with Crippen molar-refractivity contribution in [2.45, 2.75) is 6.92 Å². The zero-order valence-electron chi connectivity index (χ0n) is 11.0. The van der Waals surface area contributed by atoms with Crippen LogP contribution in [0.5, 0.6) is 5.75 Å². The van der Waals surface area contributed by atoms with Crippen LogP contribution in [0.25, 0.3) is 0 Å². The molecule has 2 rings (SSSR count). The van der Waals surface area contributed by atoms with Crippen molar-refractivity contribution in [2.24, 2.45) is 10.8 Å². The van der Waals surface area contributed by atoms with E-state index in [2.05, 4.69) is 10.4 Å². The molecule has 0 aromatic heterocycles. The predicted molar refractivity (Wildman–Crippen MR) is 78.1 cm³/mol. The summed E-state index contributed by atoms with van der Waals surface area (Å²) >= 11 is 0. The molecule has 0 aliphatic carbocycles. The summed E-state index contributed by atoms with van der Waals surface area (Å²) in [5, 5.41) is 0. The second-order valence-corrected chi connectivity index (χ2v) is 4.13. The molecule has 0 saturated carbocycles. The van der Waals surface area contributed by atoms with Gasteiger partial charge in [-0.25, -0.2) is 15.6 Å². The molecule has 0 radical (unpaired) electrons. The van der Waals surface area contributed by atoms with E-state index in [4.69, 9.17) is 10.6 Å². The Balaban J connectivity index is 2.10. The highest BCUT2D eigenvalue weighted by Gasteiger charge is 2.09. The second kappa shape index (κ2) is 6.49. The summed E-state index contributed by atoms with van der Waals surface area (Å²) in [5.74, 6) is 5.25. The largest absolute Gasteiger partial charge is 0.423 e. The van der Waals surface area contributed by atoms with Gasteiger partial charge >= 0.3 is 5.97 Å². The fourth-order valence-corrected chi connectivity index (χ4v) is 1.63. The van der Waals surface area contributed by atoms with E-state index < -0.39 is 5.97 Å². The molecule has 102 valence electrons. The average Bonchev–Trinajstić information content (AvgIpc) is 2.48. The number of hydrazine groups is 1. The van der Waals surface area contributed by atoms with Crippen LogP contribution in [0, 0.1) is 6.92 Å². The molecule has 0 spiro atoms. The van der Waals surface area contributed by atoms with Gasteiger partial charge in [-0.15, -0.1) is 0 Å². The highest BCUT2D eigenvalue weighted by molar-refractivity contribution is 5.91. The van der Waals surface area contributed by atoms with Crippen LogP contribution in [-0.2, 0) is 0 Å². The van der Waals surface area contributed by atoms with E-state index in [1.54, 1.807) is 30.3 Å². The lowest BCUT2D eigenvalue weighted by atomic mass is 10.2. The third kappa shape index (κ3) is 3.43. The zero-order valence-corrected chi connectivity index (χ0v) is 11.0. The highest BCUT2D eigenvalue weighted by atomic mass is 16.5. The van der Waals surface area contributed by atoms with E-state index in [0.29, 0.717) is 17.0 Å². The number of hydrogen-bond donors (Lipinski definition) is 2. The number of aliphatic imine (C=N–C) groups is 1. The van der Waals surface area contributed by atoms with Gasteiger partial charge in [-0.2, -0.15) is 0 Å². The van der Waals surface area contributed by atoms with Crippen LogP contribution in [0.1, 0.15) is 15.9 Å². The van der Waals surface area contributed by atoms with E-state index in [1.807, 2.05) is 25.1 Å². The smallest absolute Gasteiger partial charge is 0.343 e. The van der Waals surface area contributed by atoms with E-state index in [1.165, 1.54) is 6.34 Å². The van der Waals surface area contributed by atoms with Gasteiger partial charge in [-0.1, -0.05) is 18.2 Å². The quantitative estimate of drug-likeness (QED) is 0.223. The minimum atomic E-state index is -0.397. The molecule has 2 aromatic rings. The van der Waals surface area contributed by atoms with Crippen LogP contribution in [0.3, 0.4) is 0 Å². The Bertz CT molecular complexity index is 621. The fourth-order valence-electron chi connectivity index (χ4n) is 1.63. The molecular formula is C15H15N3O2. The molecule has 5 heteroatoms. The molecule has 0 atom stereocenters. The molecule has 0 bridgehead atoms. The van der Waals surface area contributed by atoms with Gasteiger partial charge in [0.2, 0.25) is 0 Å². The third-order valence-electron chi connectivity index (χ3n) is 2.69. The number of hydrogen-bond acceptors (Lipinski definition) is 4. The van der Waals surface area contributed by atoms with Gasteiger partial charge in [0.15, 0.2) is 0 Å². The van der Waals surface area contributed by atoms with Crippen LogP contribution in [-0.4, -0.2) is 12.3 Å². The van der Waals surface area contributed by atoms with Crippen molar-refractivity contribution in [1.29, 1.82) is 0 Å². The first-order valence-corrected chi connectivity index (χ1v) is 6.07. The standard InChI is InChI=1S/C15H15N3O2/c1-11-4-2-3-5-14(11)20-15(19)12-6-8-13(9-7-12)17-10-18-16/h2-10H,16H2,1H3,(H,17,18). The number of aryl methyl sites for hydroxylation is 1. The maximum atomic E-state index is 12.0. The number of para-hydroxylation sites is 1. The van der Waals surface area contributed by atoms with Crippen molar-refractivity contribution < 1.29 is 9.53 Å². The molecule has 0 amide bonds. The van der Waals surface area contributed by atoms with Crippen molar-refractivity contribution in [3.05, 3.63) is 59.7 Å². The van der Waals surface area contributed by atoms with E-state index in [0.717, 1.165) is 5.56 Å². The van der Waals surface area contributed by atoms with Crippen molar-refractivity contribution in [1.82, 2.24) is 5.43 Å². The van der Waals surface area contributed by atoms with Gasteiger partial charge in [0.25, 0.3) is 0 Å². The fraction of sp³-hybridized carbons (Fsp3) is 0.0667. The van der Waals surface area contributed by atoms with Gasteiger partial charge in [0.05, 0.1) is 11.3 Å². The number of esters is 1. The highest BCUT2D eigenvalue weighted by Crippen LogP contribution is 2.19. The van der Waals surface area contributed by atoms with Crippen LogP contribution in [0.15, 0.2) is 53.5 Å². The molecule has 3 N–H and O–H groups in total. The van der Waals surface area contributed by atoms with Crippen LogP contribution < -0.4 is 16.0 Å². The summed E-state index contributed by atoms with van der Waals surface area (Å²) in [6.07, 6.45) is 1.36. The average molecular weight is 269 g/mol. The van der Waals surface area contributed by atoms with Crippen LogP contribution in [0.4, 0.5) is 5.69 Å². The van der Waals surface area contributed by atoms with Crippen LogP contribution >= 0.6 is 0 Å². The Hall–Kier alpha value is -2.66. The molecule has 2 aromatic carbocycles. The number of ether oxygens (including phenoxy) is 1. The number of rotatable bonds is 4. The van der Waals surface area contributed by atoms with Gasteiger partial charge < -0.3 is 10.2 Å². The molecule has 0 aliphatic rings. The Labute approximate surface area is 117 Å². The second-order valence-electron chi connectivity index (χ2n) is 4.13. The normalized spacial score (nSPS) is 10.5. The molecular weight excluding hydrogens is 254 g/mol. The Morgan fingerprint density at radius 3 is 2.55 bits per heavy atom. The lowest BCUT2D eigenvalue weighted by Crippen LogP contribution is -2.18. The van der Waals surface area contributed by atoms with Crippen molar-refractivity contribution >= 4 is 18.0 Å². The first-order valence-electron chi connectivity index (χ1n) is 6.07. The Kier molecular flexibility index (Phi) is 4.47. The number of nitrogens with one attached hydrogen (secondary N) is 1. The van der Waals surface area contributed by atoms with E-state index in [9.17, 15) is 4.79 Å². The first-order chi connectivity index (χ1) is 9.70. The van der Waals surface area contributed by atoms with Crippen molar-refractivity contribution in [3.8, 4) is 5.75 Å². The minimum Gasteiger partial charge on any atom is -0.423 e. The third-order valence-corrected chi connectivity index (χ3v) is 2.69. The topological polar surface area (TPSA) is 76.7 Å². The molecule has 0 aliphatic heterocycles. The van der Waals surface area contributed by atoms with Gasteiger partial charge in [-0.3, -0.25) is 0 Å². The van der Waals surface area contributed by atoms with Gasteiger partial charge in [0, 0.05) is 0 Å². The number of carbonyl (C=O) groups excluding carboxylic acids is 1. The number of benzene rings is 2. The number of nitrogens with zero attached hydrogens (tertiary/aromatic N) is 1. The lowest BCUT2D eigenvalue weighted by molar-refractivity contribution is 0.0733. The Morgan fingerprint density at radius 1 is 1.20 bits per heavy atom. The summed E-state index contributed by atoms with van der Waals surface area (Å²) < 4.78 is 5.34. The van der Waals surface area contributed by atoms with Crippen molar-refractivity contribution in [3.63, 3.8) is 0 Å². The molecule has 5 nitrogen and oxygen atoms in total. The SMILES string of the molecule is Cc1ccccc1OC(=O)c1ccc(N=CNN)cc1. The molecule has 20 heavy (non-hydrogen) atoms. The van der Waals surface area contributed by atoms with Crippen molar-refractivity contribution in [2.75, 3.05) is 0 Å². The summed E-state index contributed by atoms with van der Waals surface area (Å²) in [6, 6.07) is 14.1. The van der Waals surface area contributed by atoms with Gasteiger partial charge in [-0.05, 0) is 42.8 Å². The summed E-state index contributed by atoms with van der Waals surface area (Å²) in [6.45, 7) is 1.89. The molecule has 0 fully saturated rings. The maximum absolute atomic E-state index is 12.0. The summed E-state index contributed by atoms with van der Waals surface area (Å²) in [4.78, 5) is 16.0. The summed E-state index contributed by atoms with van der Waals surface area (Å²) in [7, 11) is 0. The van der Waals surface area contributed by atoms with E-state index in [-0.39, 0.29) is 0 Å².